The van der Waals surface area contributed by atoms with Gasteiger partial charge in [-0.25, -0.2) is 4.98 Å². The summed E-state index contributed by atoms with van der Waals surface area (Å²) in [4.78, 5) is 15.2. The van der Waals surface area contributed by atoms with Crippen LogP contribution in [0.25, 0.3) is 0 Å². The van der Waals surface area contributed by atoms with E-state index in [2.05, 4.69) is 4.98 Å². The number of hydrogen-bond donors (Lipinski definition) is 4. The number of aromatic nitrogens is 2. The molecule has 1 aromatic carbocycles. The van der Waals surface area contributed by atoms with Gasteiger partial charge in [0.2, 0.25) is 0 Å². The molecule has 0 unspecified atom stereocenters. The van der Waals surface area contributed by atoms with E-state index in [9.17, 15) is 15.0 Å². The SMILES string of the molecule is NC(=O)c1ncn([C@@H]2O[C@H](CO)[C@@H](O)[C@H]2OCc2ccccc2)c1N. The summed E-state index contributed by atoms with van der Waals surface area (Å²) < 4.78 is 12.8. The molecule has 1 fully saturated rings. The minimum Gasteiger partial charge on any atom is -0.394 e. The van der Waals surface area contributed by atoms with Gasteiger partial charge in [-0.3, -0.25) is 9.36 Å². The Morgan fingerprint density at radius 2 is 2.08 bits per heavy atom. The van der Waals surface area contributed by atoms with Crippen molar-refractivity contribution in [3.8, 4) is 0 Å². The van der Waals surface area contributed by atoms with Crippen molar-refractivity contribution in [2.45, 2.75) is 31.1 Å². The number of amides is 1. The molecule has 1 saturated heterocycles. The molecule has 1 aliphatic rings. The fraction of sp³-hybridized carbons (Fsp3) is 0.375. The van der Waals surface area contributed by atoms with E-state index < -0.39 is 30.4 Å². The molecule has 134 valence electrons. The summed E-state index contributed by atoms with van der Waals surface area (Å²) in [6.07, 6.45) is -2.28. The second kappa shape index (κ2) is 7.19. The van der Waals surface area contributed by atoms with Gasteiger partial charge in [-0.1, -0.05) is 30.3 Å². The molecule has 0 aliphatic carbocycles. The Labute approximate surface area is 143 Å². The molecule has 9 nitrogen and oxygen atoms in total. The van der Waals surface area contributed by atoms with E-state index in [1.807, 2.05) is 30.3 Å². The van der Waals surface area contributed by atoms with Gasteiger partial charge in [0, 0.05) is 0 Å². The largest absolute Gasteiger partial charge is 0.394 e. The zero-order chi connectivity index (χ0) is 18.0. The van der Waals surface area contributed by atoms with Gasteiger partial charge in [0.05, 0.1) is 19.5 Å². The van der Waals surface area contributed by atoms with Crippen molar-refractivity contribution >= 4 is 11.7 Å². The maximum Gasteiger partial charge on any atom is 0.271 e. The number of anilines is 1. The van der Waals surface area contributed by atoms with Crippen LogP contribution in [0.1, 0.15) is 22.3 Å². The Hall–Kier alpha value is -2.46. The maximum atomic E-state index is 11.3. The van der Waals surface area contributed by atoms with Gasteiger partial charge in [-0.2, -0.15) is 0 Å². The Morgan fingerprint density at radius 3 is 2.68 bits per heavy atom. The third-order valence-corrected chi connectivity index (χ3v) is 4.12. The number of aliphatic hydroxyl groups is 2. The van der Waals surface area contributed by atoms with Crippen LogP contribution in [0.3, 0.4) is 0 Å². The number of benzene rings is 1. The molecule has 4 atom stereocenters. The second-order valence-electron chi connectivity index (χ2n) is 5.75. The number of primary amides is 1. The van der Waals surface area contributed by atoms with E-state index in [-0.39, 0.29) is 24.7 Å². The molecule has 2 aromatic rings. The van der Waals surface area contributed by atoms with Gasteiger partial charge in [0.15, 0.2) is 11.9 Å². The molecule has 0 bridgehead atoms. The molecule has 1 aromatic heterocycles. The minimum absolute atomic E-state index is 0.0107. The minimum atomic E-state index is -1.07. The van der Waals surface area contributed by atoms with Gasteiger partial charge in [-0.05, 0) is 5.56 Å². The van der Waals surface area contributed by atoms with Crippen molar-refractivity contribution in [3.05, 3.63) is 47.9 Å². The molecule has 0 saturated carbocycles. The first-order valence-electron chi connectivity index (χ1n) is 7.75. The number of hydrogen-bond acceptors (Lipinski definition) is 7. The summed E-state index contributed by atoms with van der Waals surface area (Å²) in [6, 6.07) is 9.41. The molecule has 6 N–H and O–H groups in total. The molecule has 0 spiro atoms. The lowest BCUT2D eigenvalue weighted by atomic mass is 10.1. The van der Waals surface area contributed by atoms with Crippen LogP contribution in [0.2, 0.25) is 0 Å². The fourth-order valence-corrected chi connectivity index (χ4v) is 2.80. The number of carbonyl (C=O) groups is 1. The second-order valence-corrected chi connectivity index (χ2v) is 5.75. The standard InChI is InChI=1S/C16H20N4O5/c17-14-11(15(18)23)19-8-20(14)16-13(12(22)10(6-21)25-16)24-7-9-4-2-1-3-5-9/h1-5,8,10,12-13,16,21-22H,6-7,17H2,(H2,18,23)/t10-,12-,13-,16-/m1/s1. The predicted octanol–water partition coefficient (Wildman–Crippen LogP) is -0.600. The van der Waals surface area contributed by atoms with Gasteiger partial charge in [0.25, 0.3) is 5.91 Å². The molecule has 25 heavy (non-hydrogen) atoms. The van der Waals surface area contributed by atoms with Crippen molar-refractivity contribution in [2.75, 3.05) is 12.3 Å². The van der Waals surface area contributed by atoms with E-state index >= 15 is 0 Å². The van der Waals surface area contributed by atoms with Crippen LogP contribution in [0.5, 0.6) is 0 Å². The molecular formula is C16H20N4O5. The predicted molar refractivity (Wildman–Crippen MR) is 87.2 cm³/mol. The highest BCUT2D eigenvalue weighted by molar-refractivity contribution is 5.95. The van der Waals surface area contributed by atoms with Crippen LogP contribution in [0.15, 0.2) is 36.7 Å². The Morgan fingerprint density at radius 1 is 1.36 bits per heavy atom. The number of nitrogens with two attached hydrogens (primary N) is 2. The van der Waals surface area contributed by atoms with E-state index in [1.165, 1.54) is 10.9 Å². The monoisotopic (exact) mass is 348 g/mol. The lowest BCUT2D eigenvalue weighted by molar-refractivity contribution is -0.0767. The number of carbonyl (C=O) groups excluding carboxylic acids is 1. The molecule has 2 heterocycles. The zero-order valence-corrected chi connectivity index (χ0v) is 13.4. The lowest BCUT2D eigenvalue weighted by Gasteiger charge is -2.22. The Kier molecular flexibility index (Phi) is 5.00. The summed E-state index contributed by atoms with van der Waals surface area (Å²) in [7, 11) is 0. The Bertz CT molecular complexity index is 735. The van der Waals surface area contributed by atoms with Gasteiger partial charge in [-0.15, -0.1) is 0 Å². The number of aliphatic hydroxyl groups excluding tert-OH is 2. The highest BCUT2D eigenvalue weighted by atomic mass is 16.6. The Balaban J connectivity index is 1.83. The van der Waals surface area contributed by atoms with E-state index in [0.717, 1.165) is 5.56 Å². The van der Waals surface area contributed by atoms with Crippen molar-refractivity contribution in [1.82, 2.24) is 9.55 Å². The first-order chi connectivity index (χ1) is 12.0. The third kappa shape index (κ3) is 3.35. The fourth-order valence-electron chi connectivity index (χ4n) is 2.80. The van der Waals surface area contributed by atoms with Crippen LogP contribution in [0, 0.1) is 0 Å². The van der Waals surface area contributed by atoms with Crippen LogP contribution in [-0.2, 0) is 16.1 Å². The molecule has 0 radical (unpaired) electrons. The first kappa shape index (κ1) is 17.4. The topological polar surface area (TPSA) is 146 Å². The number of ether oxygens (including phenoxy) is 2. The number of nitrogens with zero attached hydrogens (tertiary/aromatic N) is 2. The van der Waals surface area contributed by atoms with Crippen LogP contribution in [-0.4, -0.2) is 50.6 Å². The van der Waals surface area contributed by atoms with Crippen LogP contribution >= 0.6 is 0 Å². The van der Waals surface area contributed by atoms with Gasteiger partial charge < -0.3 is 31.2 Å². The van der Waals surface area contributed by atoms with Crippen LogP contribution in [0.4, 0.5) is 5.82 Å². The average Bonchev–Trinajstić information content (AvgIpc) is 3.14. The normalized spacial score (nSPS) is 26.0. The summed E-state index contributed by atoms with van der Waals surface area (Å²) in [5.41, 5.74) is 12.0. The summed E-state index contributed by atoms with van der Waals surface area (Å²) in [6.45, 7) is -0.155. The van der Waals surface area contributed by atoms with Crippen molar-refractivity contribution < 1.29 is 24.5 Å². The number of rotatable bonds is 6. The van der Waals surface area contributed by atoms with Crippen molar-refractivity contribution in [1.29, 1.82) is 0 Å². The van der Waals surface area contributed by atoms with Gasteiger partial charge in [0.1, 0.15) is 24.1 Å². The molecule has 1 amide bonds. The quantitative estimate of drug-likeness (QED) is 0.545. The number of nitrogen functional groups attached to an aromatic ring is 1. The van der Waals surface area contributed by atoms with Crippen LogP contribution < -0.4 is 11.5 Å². The molecular weight excluding hydrogens is 328 g/mol. The van der Waals surface area contributed by atoms with E-state index in [0.29, 0.717) is 0 Å². The highest BCUT2D eigenvalue weighted by Gasteiger charge is 2.46. The zero-order valence-electron chi connectivity index (χ0n) is 13.4. The van der Waals surface area contributed by atoms with E-state index in [1.54, 1.807) is 0 Å². The summed E-state index contributed by atoms with van der Waals surface area (Å²) in [5.74, 6) is -0.758. The highest BCUT2D eigenvalue weighted by Crippen LogP contribution is 2.34. The average molecular weight is 348 g/mol. The van der Waals surface area contributed by atoms with Gasteiger partial charge >= 0.3 is 0 Å². The van der Waals surface area contributed by atoms with Crippen molar-refractivity contribution in [2.24, 2.45) is 5.73 Å². The molecule has 9 heteroatoms. The van der Waals surface area contributed by atoms with E-state index in [4.69, 9.17) is 20.9 Å². The molecule has 1 aliphatic heterocycles. The first-order valence-corrected chi connectivity index (χ1v) is 7.75. The molecule has 3 rings (SSSR count). The lowest BCUT2D eigenvalue weighted by Crippen LogP contribution is -2.35. The summed E-state index contributed by atoms with van der Waals surface area (Å²) >= 11 is 0. The smallest absolute Gasteiger partial charge is 0.271 e. The summed E-state index contributed by atoms with van der Waals surface area (Å²) in [5, 5.41) is 19.8. The maximum absolute atomic E-state index is 11.3. The number of imidazole rings is 1. The van der Waals surface area contributed by atoms with Crippen molar-refractivity contribution in [3.63, 3.8) is 0 Å². The third-order valence-electron chi connectivity index (χ3n) is 4.12.